The van der Waals surface area contributed by atoms with Crippen molar-refractivity contribution in [3.63, 3.8) is 0 Å². The first kappa shape index (κ1) is 6.87. The van der Waals surface area contributed by atoms with Crippen LogP contribution >= 0.6 is 0 Å². The molecule has 0 aliphatic heterocycles. The van der Waals surface area contributed by atoms with Crippen molar-refractivity contribution in [3.8, 4) is 0 Å². The molecule has 1 N–H and O–H groups in total. The summed E-state index contributed by atoms with van der Waals surface area (Å²) < 4.78 is 30.4. The molecule has 0 unspecified atom stereocenters. The van der Waals surface area contributed by atoms with Crippen LogP contribution in [0.4, 0.5) is 0 Å². The molecule has 0 fully saturated rings. The van der Waals surface area contributed by atoms with Crippen molar-refractivity contribution in [2.75, 3.05) is 6.54 Å². The van der Waals surface area contributed by atoms with E-state index in [-0.39, 0.29) is 6.54 Å². The molecule has 0 amide bonds. The van der Waals surface area contributed by atoms with Crippen LogP contribution in [0.3, 0.4) is 0 Å². The molecule has 0 radical (unpaired) electrons. The van der Waals surface area contributed by atoms with Crippen molar-refractivity contribution < 1.29 is 13.0 Å². The van der Waals surface area contributed by atoms with Gasteiger partial charge in [-0.05, 0) is 0 Å². The molecule has 44 valence electrons. The summed E-state index contributed by atoms with van der Waals surface area (Å²) in [7, 11) is -4.17. The second-order valence-electron chi connectivity index (χ2n) is 0.952. The Labute approximate surface area is 42.4 Å². The molecule has 4 nitrogen and oxygen atoms in total. The van der Waals surface area contributed by atoms with Gasteiger partial charge in [-0.2, -0.15) is 0 Å². The maximum absolute atomic E-state index is 9.56. The molecule has 0 atom stereocenters. The maximum Gasteiger partial charge on any atom is 0.159 e. The SMILES string of the molecule is CCNS(=O)(=O)[O-]. The van der Waals surface area contributed by atoms with Gasteiger partial charge in [-0.15, -0.1) is 0 Å². The van der Waals surface area contributed by atoms with Crippen molar-refractivity contribution in [2.45, 2.75) is 6.92 Å². The molecule has 0 bridgehead atoms. The summed E-state index contributed by atoms with van der Waals surface area (Å²) in [6.07, 6.45) is 0. The predicted octanol–water partition coefficient (Wildman–Crippen LogP) is -0.944. The van der Waals surface area contributed by atoms with Crippen LogP contribution in [-0.4, -0.2) is 19.5 Å². The van der Waals surface area contributed by atoms with E-state index >= 15 is 0 Å². The monoisotopic (exact) mass is 124 g/mol. The van der Waals surface area contributed by atoms with Crippen LogP contribution in [0.25, 0.3) is 0 Å². The summed E-state index contributed by atoms with van der Waals surface area (Å²) >= 11 is 0. The largest absolute Gasteiger partial charge is 0.735 e. The van der Waals surface area contributed by atoms with E-state index < -0.39 is 10.3 Å². The minimum absolute atomic E-state index is 0.159. The van der Waals surface area contributed by atoms with E-state index in [0.717, 1.165) is 0 Å². The van der Waals surface area contributed by atoms with Crippen LogP contribution in [0.5, 0.6) is 0 Å². The topological polar surface area (TPSA) is 69.2 Å². The summed E-state index contributed by atoms with van der Waals surface area (Å²) in [5, 5.41) is 0. The predicted molar refractivity (Wildman–Crippen MR) is 23.4 cm³/mol. The second-order valence-corrected chi connectivity index (χ2v) is 2.15. The van der Waals surface area contributed by atoms with Gasteiger partial charge in [-0.1, -0.05) is 6.92 Å². The van der Waals surface area contributed by atoms with Gasteiger partial charge in [0.2, 0.25) is 0 Å². The normalized spacial score (nSPS) is 11.7. The van der Waals surface area contributed by atoms with Crippen molar-refractivity contribution in [1.29, 1.82) is 0 Å². The minimum atomic E-state index is -4.17. The Bertz CT molecular complexity index is 126. The zero-order valence-corrected chi connectivity index (χ0v) is 4.66. The molecule has 0 aliphatic rings. The molecule has 0 aromatic carbocycles. The summed E-state index contributed by atoms with van der Waals surface area (Å²) in [5.74, 6) is 0. The fourth-order valence-corrected chi connectivity index (χ4v) is 0.530. The lowest BCUT2D eigenvalue weighted by atomic mass is 10.8. The van der Waals surface area contributed by atoms with E-state index in [1.165, 1.54) is 6.92 Å². The van der Waals surface area contributed by atoms with Crippen LogP contribution in [-0.2, 0) is 10.3 Å². The molecule has 0 heterocycles. The summed E-state index contributed by atoms with van der Waals surface area (Å²) in [6, 6.07) is 0. The number of rotatable bonds is 2. The van der Waals surface area contributed by atoms with E-state index in [1.807, 2.05) is 0 Å². The molecule has 0 saturated carbocycles. The highest BCUT2D eigenvalue weighted by atomic mass is 32.2. The van der Waals surface area contributed by atoms with Gasteiger partial charge in [0.1, 0.15) is 0 Å². The molecule has 0 rings (SSSR count). The van der Waals surface area contributed by atoms with E-state index in [2.05, 4.69) is 0 Å². The lowest BCUT2D eigenvalue weighted by Crippen LogP contribution is -2.21. The third kappa shape index (κ3) is 5.87. The van der Waals surface area contributed by atoms with E-state index in [0.29, 0.717) is 0 Å². The number of nitrogens with one attached hydrogen (secondary N) is 1. The van der Waals surface area contributed by atoms with E-state index in [4.69, 9.17) is 0 Å². The van der Waals surface area contributed by atoms with Crippen molar-refractivity contribution >= 4 is 10.3 Å². The first-order valence-corrected chi connectivity index (χ1v) is 3.17. The van der Waals surface area contributed by atoms with Gasteiger partial charge in [0.05, 0.1) is 0 Å². The van der Waals surface area contributed by atoms with Crippen LogP contribution in [0.1, 0.15) is 6.92 Å². The molecule has 0 aromatic rings. The van der Waals surface area contributed by atoms with Crippen LogP contribution in [0.15, 0.2) is 0 Å². The Morgan fingerprint density at radius 2 is 2.14 bits per heavy atom. The molecule has 7 heavy (non-hydrogen) atoms. The van der Waals surface area contributed by atoms with Gasteiger partial charge in [0.15, 0.2) is 10.3 Å². The fourth-order valence-electron chi connectivity index (χ4n) is 0.177. The number of hydrogen-bond acceptors (Lipinski definition) is 3. The Kier molecular flexibility index (Phi) is 2.21. The molecule has 5 heteroatoms. The van der Waals surface area contributed by atoms with E-state index in [1.54, 1.807) is 4.72 Å². The Hall–Kier alpha value is -0.130. The van der Waals surface area contributed by atoms with Crippen molar-refractivity contribution in [1.82, 2.24) is 4.72 Å². The molecule has 0 spiro atoms. The van der Waals surface area contributed by atoms with Crippen molar-refractivity contribution in [3.05, 3.63) is 0 Å². The quantitative estimate of drug-likeness (QED) is 0.483. The molecular formula is C2H6NO3S-. The first-order chi connectivity index (χ1) is 3.06. The van der Waals surface area contributed by atoms with Crippen LogP contribution < -0.4 is 4.72 Å². The van der Waals surface area contributed by atoms with Gasteiger partial charge >= 0.3 is 0 Å². The zero-order valence-electron chi connectivity index (χ0n) is 3.84. The van der Waals surface area contributed by atoms with Crippen LogP contribution in [0.2, 0.25) is 0 Å². The third-order valence-electron chi connectivity index (χ3n) is 0.321. The average Bonchev–Trinajstić information content (AvgIpc) is 1.30. The lowest BCUT2D eigenvalue weighted by molar-refractivity contribution is 0.450. The smallest absolute Gasteiger partial charge is 0.159 e. The van der Waals surface area contributed by atoms with Gasteiger partial charge in [0.25, 0.3) is 0 Å². The highest BCUT2D eigenvalue weighted by molar-refractivity contribution is 7.83. The number of hydrogen-bond donors (Lipinski definition) is 1. The second kappa shape index (κ2) is 2.25. The average molecular weight is 124 g/mol. The molecule has 0 aromatic heterocycles. The Balaban J connectivity index is 3.60. The summed E-state index contributed by atoms with van der Waals surface area (Å²) in [6.45, 7) is 1.70. The summed E-state index contributed by atoms with van der Waals surface area (Å²) in [5.41, 5.74) is 0. The standard InChI is InChI=1S/C2H7NO3S/c1-2-3-7(4,5)6/h3H,2H2,1H3,(H,4,5,6)/p-1. The Morgan fingerprint density at radius 3 is 2.14 bits per heavy atom. The fraction of sp³-hybridized carbons (Fsp3) is 1.00. The Morgan fingerprint density at radius 1 is 1.71 bits per heavy atom. The molecule has 0 saturated heterocycles. The summed E-state index contributed by atoms with van der Waals surface area (Å²) in [4.78, 5) is 0. The zero-order chi connectivity index (χ0) is 5.91. The first-order valence-electron chi connectivity index (χ1n) is 1.76. The van der Waals surface area contributed by atoms with Gasteiger partial charge in [-0.3, -0.25) is 0 Å². The highest BCUT2D eigenvalue weighted by Gasteiger charge is 1.83. The molecule has 0 aliphatic carbocycles. The van der Waals surface area contributed by atoms with Crippen LogP contribution in [0, 0.1) is 0 Å². The third-order valence-corrected chi connectivity index (χ3v) is 0.963. The van der Waals surface area contributed by atoms with Crippen molar-refractivity contribution in [2.24, 2.45) is 0 Å². The minimum Gasteiger partial charge on any atom is -0.735 e. The lowest BCUT2D eigenvalue weighted by Gasteiger charge is -2.03. The molecular weight excluding hydrogens is 118 g/mol. The highest BCUT2D eigenvalue weighted by Crippen LogP contribution is 1.66. The van der Waals surface area contributed by atoms with Gasteiger partial charge in [-0.25, -0.2) is 13.1 Å². The van der Waals surface area contributed by atoms with Gasteiger partial charge in [0, 0.05) is 6.54 Å². The maximum atomic E-state index is 9.56. The van der Waals surface area contributed by atoms with E-state index in [9.17, 15) is 13.0 Å². The van der Waals surface area contributed by atoms with Gasteiger partial charge < -0.3 is 4.55 Å².